The number of carbonyl (C=O) groups is 1. The van der Waals surface area contributed by atoms with E-state index in [0.29, 0.717) is 18.3 Å². The van der Waals surface area contributed by atoms with Crippen LogP contribution in [0, 0.1) is 5.92 Å². The average Bonchev–Trinajstić information content (AvgIpc) is 2.60. The summed E-state index contributed by atoms with van der Waals surface area (Å²) in [6.07, 6.45) is 1.58. The molecule has 1 amide bonds. The van der Waals surface area contributed by atoms with Gasteiger partial charge in [0.05, 0.1) is 12.8 Å². The van der Waals surface area contributed by atoms with Gasteiger partial charge in [-0.3, -0.25) is 4.79 Å². The van der Waals surface area contributed by atoms with E-state index in [-0.39, 0.29) is 12.5 Å². The molecule has 0 saturated carbocycles. The maximum absolute atomic E-state index is 11.6. The standard InChI is InChI=1S/C19H22N2O3/c1-15(2)13-23-18-10-8-16(9-11-18)12-20-21-19(22)14-24-17-6-4-3-5-7-17/h3-12,15H,13-14H2,1-2H3,(H,21,22)/b20-12-. The molecule has 0 radical (unpaired) electrons. The van der Waals surface area contributed by atoms with Gasteiger partial charge in [0.15, 0.2) is 6.61 Å². The fraction of sp³-hybridized carbons (Fsp3) is 0.263. The van der Waals surface area contributed by atoms with Crippen LogP contribution in [0.3, 0.4) is 0 Å². The lowest BCUT2D eigenvalue weighted by Gasteiger charge is -2.08. The third kappa shape index (κ3) is 6.52. The van der Waals surface area contributed by atoms with Gasteiger partial charge in [0, 0.05) is 0 Å². The van der Waals surface area contributed by atoms with Gasteiger partial charge in [-0.1, -0.05) is 32.0 Å². The number of rotatable bonds is 8. The highest BCUT2D eigenvalue weighted by Gasteiger charge is 2.01. The molecule has 2 aromatic carbocycles. The van der Waals surface area contributed by atoms with Crippen molar-refractivity contribution >= 4 is 12.1 Å². The van der Waals surface area contributed by atoms with Crippen molar-refractivity contribution in [2.75, 3.05) is 13.2 Å². The normalized spacial score (nSPS) is 10.8. The molecule has 0 unspecified atom stereocenters. The zero-order valence-electron chi connectivity index (χ0n) is 13.9. The minimum absolute atomic E-state index is 0.0800. The minimum Gasteiger partial charge on any atom is -0.493 e. The monoisotopic (exact) mass is 326 g/mol. The molecular formula is C19H22N2O3. The third-order valence-electron chi connectivity index (χ3n) is 2.98. The van der Waals surface area contributed by atoms with Crippen LogP contribution in [0.5, 0.6) is 11.5 Å². The molecule has 0 atom stereocenters. The fourth-order valence-electron chi connectivity index (χ4n) is 1.79. The van der Waals surface area contributed by atoms with E-state index >= 15 is 0 Å². The number of nitrogens with zero attached hydrogens (tertiary/aromatic N) is 1. The van der Waals surface area contributed by atoms with Crippen LogP contribution < -0.4 is 14.9 Å². The Labute approximate surface area is 142 Å². The summed E-state index contributed by atoms with van der Waals surface area (Å²) in [4.78, 5) is 11.6. The summed E-state index contributed by atoms with van der Waals surface area (Å²) in [7, 11) is 0. The van der Waals surface area contributed by atoms with Crippen molar-refractivity contribution in [3.63, 3.8) is 0 Å². The van der Waals surface area contributed by atoms with E-state index in [9.17, 15) is 4.79 Å². The Morgan fingerprint density at radius 3 is 2.38 bits per heavy atom. The lowest BCUT2D eigenvalue weighted by Crippen LogP contribution is -2.24. The molecule has 0 saturated heterocycles. The molecule has 0 aromatic heterocycles. The van der Waals surface area contributed by atoms with Gasteiger partial charge in [-0.2, -0.15) is 5.10 Å². The molecule has 5 heteroatoms. The van der Waals surface area contributed by atoms with Gasteiger partial charge in [0.2, 0.25) is 0 Å². The molecule has 0 bridgehead atoms. The smallest absolute Gasteiger partial charge is 0.277 e. The van der Waals surface area contributed by atoms with Crippen LogP contribution in [-0.2, 0) is 4.79 Å². The second kappa shape index (κ2) is 9.35. The van der Waals surface area contributed by atoms with Crippen LogP contribution in [-0.4, -0.2) is 25.3 Å². The first kappa shape index (κ1) is 17.5. The summed E-state index contributed by atoms with van der Waals surface area (Å²) in [5, 5.41) is 3.91. The summed E-state index contributed by atoms with van der Waals surface area (Å²) in [5.74, 6) is 1.64. The number of para-hydroxylation sites is 1. The van der Waals surface area contributed by atoms with Crippen LogP contribution in [0.4, 0.5) is 0 Å². The average molecular weight is 326 g/mol. The Hall–Kier alpha value is -2.82. The zero-order chi connectivity index (χ0) is 17.2. The first-order valence-corrected chi connectivity index (χ1v) is 7.86. The third-order valence-corrected chi connectivity index (χ3v) is 2.98. The maximum atomic E-state index is 11.6. The summed E-state index contributed by atoms with van der Waals surface area (Å²) >= 11 is 0. The highest BCUT2D eigenvalue weighted by molar-refractivity contribution is 5.83. The second-order valence-corrected chi connectivity index (χ2v) is 5.67. The van der Waals surface area contributed by atoms with Gasteiger partial charge in [-0.25, -0.2) is 5.43 Å². The van der Waals surface area contributed by atoms with Crippen molar-refractivity contribution in [1.29, 1.82) is 0 Å². The largest absolute Gasteiger partial charge is 0.493 e. The summed E-state index contributed by atoms with van der Waals surface area (Å²) in [5.41, 5.74) is 3.30. The maximum Gasteiger partial charge on any atom is 0.277 e. The summed E-state index contributed by atoms with van der Waals surface area (Å²) in [6, 6.07) is 16.7. The van der Waals surface area contributed by atoms with Gasteiger partial charge in [-0.05, 0) is 47.9 Å². The van der Waals surface area contributed by atoms with E-state index in [2.05, 4.69) is 24.4 Å². The quantitative estimate of drug-likeness (QED) is 0.598. The molecule has 2 aromatic rings. The van der Waals surface area contributed by atoms with Crippen molar-refractivity contribution < 1.29 is 14.3 Å². The van der Waals surface area contributed by atoms with E-state index in [0.717, 1.165) is 11.3 Å². The Kier molecular flexibility index (Phi) is 6.83. The molecule has 24 heavy (non-hydrogen) atoms. The molecule has 1 N–H and O–H groups in total. The van der Waals surface area contributed by atoms with Crippen LogP contribution in [0.2, 0.25) is 0 Å². The summed E-state index contributed by atoms with van der Waals surface area (Å²) in [6.45, 7) is 4.81. The Morgan fingerprint density at radius 1 is 1.04 bits per heavy atom. The number of carbonyl (C=O) groups excluding carboxylic acids is 1. The Morgan fingerprint density at radius 2 is 1.71 bits per heavy atom. The first-order chi connectivity index (χ1) is 11.6. The summed E-state index contributed by atoms with van der Waals surface area (Å²) < 4.78 is 10.9. The van der Waals surface area contributed by atoms with Crippen molar-refractivity contribution in [2.24, 2.45) is 11.0 Å². The number of benzene rings is 2. The number of hydrazone groups is 1. The number of ether oxygens (including phenoxy) is 2. The van der Waals surface area contributed by atoms with Crippen LogP contribution in [0.1, 0.15) is 19.4 Å². The predicted molar refractivity (Wildman–Crippen MR) is 94.4 cm³/mol. The number of amides is 1. The van der Waals surface area contributed by atoms with Gasteiger partial charge in [-0.15, -0.1) is 0 Å². The van der Waals surface area contributed by atoms with E-state index < -0.39 is 0 Å². The molecule has 0 heterocycles. The van der Waals surface area contributed by atoms with Crippen molar-refractivity contribution in [2.45, 2.75) is 13.8 Å². The zero-order valence-corrected chi connectivity index (χ0v) is 13.9. The van der Waals surface area contributed by atoms with E-state index in [1.165, 1.54) is 0 Å². The molecule has 126 valence electrons. The molecule has 0 aliphatic carbocycles. The number of hydrogen-bond donors (Lipinski definition) is 1. The van der Waals surface area contributed by atoms with E-state index in [1.54, 1.807) is 18.3 Å². The highest BCUT2D eigenvalue weighted by atomic mass is 16.5. The molecule has 0 spiro atoms. The van der Waals surface area contributed by atoms with Crippen LogP contribution in [0.15, 0.2) is 59.7 Å². The molecule has 0 fully saturated rings. The first-order valence-electron chi connectivity index (χ1n) is 7.86. The van der Waals surface area contributed by atoms with Crippen LogP contribution in [0.25, 0.3) is 0 Å². The highest BCUT2D eigenvalue weighted by Crippen LogP contribution is 2.12. The number of nitrogens with one attached hydrogen (secondary N) is 1. The van der Waals surface area contributed by atoms with Gasteiger partial charge in [0.25, 0.3) is 5.91 Å². The van der Waals surface area contributed by atoms with Crippen molar-refractivity contribution in [3.05, 3.63) is 60.2 Å². The molecule has 0 aliphatic rings. The molecule has 5 nitrogen and oxygen atoms in total. The minimum atomic E-state index is -0.313. The van der Waals surface area contributed by atoms with Crippen LogP contribution >= 0.6 is 0 Å². The van der Waals surface area contributed by atoms with Gasteiger partial charge >= 0.3 is 0 Å². The fourth-order valence-corrected chi connectivity index (χ4v) is 1.79. The molecular weight excluding hydrogens is 304 g/mol. The van der Waals surface area contributed by atoms with Gasteiger partial charge in [0.1, 0.15) is 11.5 Å². The number of hydrogen-bond acceptors (Lipinski definition) is 4. The van der Waals surface area contributed by atoms with Crippen molar-refractivity contribution in [3.8, 4) is 11.5 Å². The topological polar surface area (TPSA) is 59.9 Å². The Bertz CT molecular complexity index is 652. The van der Waals surface area contributed by atoms with Gasteiger partial charge < -0.3 is 9.47 Å². The molecule has 0 aliphatic heterocycles. The van der Waals surface area contributed by atoms with E-state index in [4.69, 9.17) is 9.47 Å². The van der Waals surface area contributed by atoms with Crippen molar-refractivity contribution in [1.82, 2.24) is 5.43 Å². The lowest BCUT2D eigenvalue weighted by atomic mass is 10.2. The predicted octanol–water partition coefficient (Wildman–Crippen LogP) is 3.25. The second-order valence-electron chi connectivity index (χ2n) is 5.67. The molecule has 2 rings (SSSR count). The Balaban J connectivity index is 1.73. The SMILES string of the molecule is CC(C)COc1ccc(/C=N\NC(=O)COc2ccccc2)cc1. The van der Waals surface area contributed by atoms with E-state index in [1.807, 2.05) is 42.5 Å². The lowest BCUT2D eigenvalue weighted by molar-refractivity contribution is -0.123.